The number of hydrogen-bond acceptors (Lipinski definition) is 6. The van der Waals surface area contributed by atoms with Crippen LogP contribution in [0.15, 0.2) is 71.1 Å². The van der Waals surface area contributed by atoms with E-state index in [1.165, 1.54) is 29.2 Å². The third-order valence-corrected chi connectivity index (χ3v) is 6.65. The highest BCUT2D eigenvalue weighted by molar-refractivity contribution is 7.99. The van der Waals surface area contributed by atoms with Crippen LogP contribution in [0.4, 0.5) is 11.4 Å². The molecule has 1 amide bonds. The van der Waals surface area contributed by atoms with Gasteiger partial charge in [-0.05, 0) is 43.2 Å². The van der Waals surface area contributed by atoms with Crippen LogP contribution in [0.5, 0.6) is 0 Å². The Hall–Kier alpha value is -3.59. The van der Waals surface area contributed by atoms with Gasteiger partial charge >= 0.3 is 0 Å². The Kier molecular flexibility index (Phi) is 5.87. The molecule has 1 aliphatic heterocycles. The fourth-order valence-electron chi connectivity index (χ4n) is 4.20. The number of nitrogens with one attached hydrogen (secondary N) is 1. The van der Waals surface area contributed by atoms with E-state index in [9.17, 15) is 9.59 Å². The summed E-state index contributed by atoms with van der Waals surface area (Å²) in [5.74, 6) is 0.475. The molecule has 168 valence electrons. The molecule has 1 fully saturated rings. The standard InChI is InChI=1S/C24H24N6O2S/c1-2-12-29-22(32)19-10-3-4-11-20(19)30-23(29)26-27-24(30)33-16-21(31)25-17-8-7-9-18(15-17)28-13-5-6-14-28/h2-4,7-11,15H,1,5-6,12-14,16H2,(H,25,31). The number of nitrogens with zero attached hydrogens (tertiary/aromatic N) is 5. The van der Waals surface area contributed by atoms with Gasteiger partial charge in [-0.2, -0.15) is 0 Å². The number of carbonyl (C=O) groups is 1. The van der Waals surface area contributed by atoms with Gasteiger partial charge in [-0.25, -0.2) is 0 Å². The molecule has 0 spiro atoms. The number of para-hydroxylation sites is 1. The molecule has 33 heavy (non-hydrogen) atoms. The zero-order chi connectivity index (χ0) is 22.8. The Morgan fingerprint density at radius 1 is 1.12 bits per heavy atom. The van der Waals surface area contributed by atoms with Gasteiger partial charge in [0.15, 0.2) is 5.16 Å². The van der Waals surface area contributed by atoms with Gasteiger partial charge in [0, 0.05) is 31.0 Å². The molecule has 0 aliphatic carbocycles. The van der Waals surface area contributed by atoms with E-state index in [0.717, 1.165) is 24.5 Å². The third-order valence-electron chi connectivity index (χ3n) is 5.72. The summed E-state index contributed by atoms with van der Waals surface area (Å²) < 4.78 is 3.36. The molecule has 2 aromatic heterocycles. The summed E-state index contributed by atoms with van der Waals surface area (Å²) in [4.78, 5) is 27.9. The van der Waals surface area contributed by atoms with E-state index in [2.05, 4.69) is 33.1 Å². The number of aromatic nitrogens is 4. The summed E-state index contributed by atoms with van der Waals surface area (Å²) in [5, 5.41) is 12.6. The first kappa shape index (κ1) is 21.3. The molecule has 1 saturated heterocycles. The van der Waals surface area contributed by atoms with Gasteiger partial charge in [0.1, 0.15) is 0 Å². The van der Waals surface area contributed by atoms with E-state index in [1.54, 1.807) is 12.1 Å². The molecule has 0 saturated carbocycles. The molecule has 0 unspecified atom stereocenters. The Morgan fingerprint density at radius 2 is 1.94 bits per heavy atom. The van der Waals surface area contributed by atoms with Crippen LogP contribution in [0.2, 0.25) is 0 Å². The monoisotopic (exact) mass is 460 g/mol. The largest absolute Gasteiger partial charge is 0.371 e. The van der Waals surface area contributed by atoms with Crippen LogP contribution in [0, 0.1) is 0 Å². The van der Waals surface area contributed by atoms with Crippen LogP contribution in [0.3, 0.4) is 0 Å². The lowest BCUT2D eigenvalue weighted by Gasteiger charge is -2.18. The quantitative estimate of drug-likeness (QED) is 0.335. The molecule has 5 rings (SSSR count). The fourth-order valence-corrected chi connectivity index (χ4v) is 4.94. The predicted octanol–water partition coefficient (Wildman–Crippen LogP) is 3.56. The SMILES string of the molecule is C=CCn1c(=O)c2ccccc2n2c(SCC(=O)Nc3cccc(N4CCCC4)c3)nnc12. The van der Waals surface area contributed by atoms with Crippen LogP contribution in [-0.2, 0) is 11.3 Å². The van der Waals surface area contributed by atoms with Crippen molar-refractivity contribution in [3.8, 4) is 0 Å². The number of amides is 1. The molecule has 1 N–H and O–H groups in total. The lowest BCUT2D eigenvalue weighted by atomic mass is 10.2. The summed E-state index contributed by atoms with van der Waals surface area (Å²) in [7, 11) is 0. The first-order valence-electron chi connectivity index (χ1n) is 10.9. The van der Waals surface area contributed by atoms with Gasteiger partial charge in [-0.15, -0.1) is 16.8 Å². The second kappa shape index (κ2) is 9.11. The number of carbonyl (C=O) groups excluding carboxylic acids is 1. The number of anilines is 2. The van der Waals surface area contributed by atoms with Crippen molar-refractivity contribution in [1.82, 2.24) is 19.2 Å². The molecule has 9 heteroatoms. The minimum absolute atomic E-state index is 0.126. The molecule has 3 heterocycles. The number of hydrogen-bond donors (Lipinski definition) is 1. The molecule has 2 aromatic carbocycles. The molecule has 0 atom stereocenters. The summed E-state index contributed by atoms with van der Waals surface area (Å²) >= 11 is 1.29. The zero-order valence-electron chi connectivity index (χ0n) is 18.1. The molecular weight excluding hydrogens is 436 g/mol. The molecule has 1 aliphatic rings. The van der Waals surface area contributed by atoms with Crippen molar-refractivity contribution in [2.45, 2.75) is 24.5 Å². The maximum Gasteiger partial charge on any atom is 0.263 e. The lowest BCUT2D eigenvalue weighted by Crippen LogP contribution is -2.22. The number of rotatable bonds is 7. The minimum Gasteiger partial charge on any atom is -0.371 e. The molecule has 0 radical (unpaired) electrons. The molecule has 0 bridgehead atoms. The van der Waals surface area contributed by atoms with E-state index in [1.807, 2.05) is 40.8 Å². The maximum absolute atomic E-state index is 12.9. The second-order valence-corrected chi connectivity index (χ2v) is 8.86. The predicted molar refractivity (Wildman–Crippen MR) is 132 cm³/mol. The van der Waals surface area contributed by atoms with Crippen LogP contribution in [0.25, 0.3) is 16.7 Å². The minimum atomic E-state index is -0.141. The van der Waals surface area contributed by atoms with Crippen molar-refractivity contribution < 1.29 is 4.79 Å². The summed E-state index contributed by atoms with van der Waals surface area (Å²) in [6.45, 7) is 6.17. The Bertz CT molecular complexity index is 1400. The highest BCUT2D eigenvalue weighted by Gasteiger charge is 2.17. The van der Waals surface area contributed by atoms with E-state index in [-0.39, 0.29) is 17.2 Å². The number of fused-ring (bicyclic) bond motifs is 3. The summed E-state index contributed by atoms with van der Waals surface area (Å²) in [6.07, 6.45) is 4.06. The van der Waals surface area contributed by atoms with Crippen LogP contribution < -0.4 is 15.8 Å². The van der Waals surface area contributed by atoms with Gasteiger partial charge in [0.05, 0.1) is 16.7 Å². The van der Waals surface area contributed by atoms with E-state index in [0.29, 0.717) is 28.4 Å². The van der Waals surface area contributed by atoms with Crippen molar-refractivity contribution in [2.75, 3.05) is 29.1 Å². The van der Waals surface area contributed by atoms with Crippen molar-refractivity contribution in [2.24, 2.45) is 0 Å². The number of thioether (sulfide) groups is 1. The van der Waals surface area contributed by atoms with Crippen LogP contribution in [-0.4, -0.2) is 43.9 Å². The van der Waals surface area contributed by atoms with E-state index < -0.39 is 0 Å². The molecule has 8 nitrogen and oxygen atoms in total. The van der Waals surface area contributed by atoms with Crippen LogP contribution in [0.1, 0.15) is 12.8 Å². The molecular formula is C24H24N6O2S. The molecule has 4 aromatic rings. The summed E-state index contributed by atoms with van der Waals surface area (Å²) in [6, 6.07) is 15.3. The lowest BCUT2D eigenvalue weighted by molar-refractivity contribution is -0.113. The van der Waals surface area contributed by atoms with Crippen molar-refractivity contribution in [1.29, 1.82) is 0 Å². The van der Waals surface area contributed by atoms with Crippen LogP contribution >= 0.6 is 11.8 Å². The number of allylic oxidation sites excluding steroid dienone is 1. The highest BCUT2D eigenvalue weighted by Crippen LogP contribution is 2.25. The van der Waals surface area contributed by atoms with E-state index in [4.69, 9.17) is 0 Å². The highest BCUT2D eigenvalue weighted by atomic mass is 32.2. The first-order chi connectivity index (χ1) is 16.2. The average molecular weight is 461 g/mol. The fraction of sp³-hybridized carbons (Fsp3) is 0.250. The van der Waals surface area contributed by atoms with Gasteiger partial charge < -0.3 is 10.2 Å². The van der Waals surface area contributed by atoms with Crippen molar-refractivity contribution in [3.63, 3.8) is 0 Å². The Morgan fingerprint density at radius 3 is 2.76 bits per heavy atom. The van der Waals surface area contributed by atoms with Crippen molar-refractivity contribution >= 4 is 45.7 Å². The zero-order valence-corrected chi connectivity index (χ0v) is 18.9. The van der Waals surface area contributed by atoms with Gasteiger partial charge in [-0.3, -0.25) is 18.6 Å². The van der Waals surface area contributed by atoms with Gasteiger partial charge in [0.25, 0.3) is 5.56 Å². The smallest absolute Gasteiger partial charge is 0.263 e. The second-order valence-electron chi connectivity index (χ2n) is 7.92. The maximum atomic E-state index is 12.9. The number of benzene rings is 2. The third kappa shape index (κ3) is 4.11. The van der Waals surface area contributed by atoms with Gasteiger partial charge in [0.2, 0.25) is 11.7 Å². The van der Waals surface area contributed by atoms with Crippen molar-refractivity contribution in [3.05, 3.63) is 71.5 Å². The Labute approximate surface area is 194 Å². The average Bonchev–Trinajstić information content (AvgIpc) is 3.51. The normalized spacial score (nSPS) is 13.6. The van der Waals surface area contributed by atoms with Gasteiger partial charge in [-0.1, -0.05) is 36.0 Å². The first-order valence-corrected chi connectivity index (χ1v) is 11.9. The summed E-state index contributed by atoms with van der Waals surface area (Å²) in [5.41, 5.74) is 2.48. The van der Waals surface area contributed by atoms with E-state index >= 15 is 0 Å². The topological polar surface area (TPSA) is 84.5 Å². The Balaban J connectivity index is 1.38.